The molecule has 0 aliphatic carbocycles. The van der Waals surface area contributed by atoms with Gasteiger partial charge in [0.1, 0.15) is 0 Å². The second kappa shape index (κ2) is 7.38. The molecule has 1 fully saturated rings. The van der Waals surface area contributed by atoms with E-state index in [9.17, 15) is 0 Å². The summed E-state index contributed by atoms with van der Waals surface area (Å²) in [5.74, 6) is 2.28. The van der Waals surface area contributed by atoms with E-state index in [1.165, 1.54) is 12.8 Å². The third kappa shape index (κ3) is 4.72. The van der Waals surface area contributed by atoms with E-state index in [1.807, 2.05) is 7.05 Å². The maximum Gasteiger partial charge on any atom is 0.240 e. The second-order valence-corrected chi connectivity index (χ2v) is 6.56. The number of piperidine rings is 1. The Morgan fingerprint density at radius 1 is 1.40 bits per heavy atom. The van der Waals surface area contributed by atoms with Crippen LogP contribution in [0.2, 0.25) is 0 Å². The van der Waals surface area contributed by atoms with Crippen molar-refractivity contribution < 1.29 is 4.52 Å². The molecule has 20 heavy (non-hydrogen) atoms. The van der Waals surface area contributed by atoms with E-state index in [0.717, 1.165) is 43.8 Å². The molecule has 5 nitrogen and oxygen atoms in total. The van der Waals surface area contributed by atoms with Crippen LogP contribution in [0.25, 0.3) is 0 Å². The molecule has 0 aromatic carbocycles. The second-order valence-electron chi connectivity index (χ2n) is 6.56. The highest BCUT2D eigenvalue weighted by molar-refractivity contribution is 5.85. The summed E-state index contributed by atoms with van der Waals surface area (Å²) in [7, 11) is 2.02. The number of hydrogen-bond donors (Lipinski definition) is 1. The van der Waals surface area contributed by atoms with Crippen molar-refractivity contribution in [2.45, 2.75) is 45.6 Å². The average Bonchev–Trinajstić information content (AvgIpc) is 2.78. The Balaban J connectivity index is 0.00000200. The molecule has 1 saturated heterocycles. The van der Waals surface area contributed by atoms with E-state index in [-0.39, 0.29) is 17.8 Å². The fraction of sp³-hybridized carbons (Fsp3) is 0.857. The van der Waals surface area contributed by atoms with Gasteiger partial charge in [-0.25, -0.2) is 0 Å². The molecule has 116 valence electrons. The standard InChI is InChI=1S/C14H26N4O.ClH/c1-14(2,3)13-16-12(19-17-13)10-18-7-5-6-11(9-18)8-15-4;/h11,15H,5-10H2,1-4H3;1H. The number of nitrogens with zero attached hydrogens (tertiary/aromatic N) is 3. The highest BCUT2D eigenvalue weighted by atomic mass is 35.5. The minimum atomic E-state index is -0.0433. The third-order valence-electron chi connectivity index (χ3n) is 3.59. The van der Waals surface area contributed by atoms with Gasteiger partial charge in [-0.3, -0.25) is 4.90 Å². The van der Waals surface area contributed by atoms with Gasteiger partial charge in [0.25, 0.3) is 0 Å². The van der Waals surface area contributed by atoms with E-state index in [4.69, 9.17) is 4.52 Å². The topological polar surface area (TPSA) is 54.2 Å². The van der Waals surface area contributed by atoms with Crippen LogP contribution in [0.15, 0.2) is 4.52 Å². The van der Waals surface area contributed by atoms with Crippen molar-refractivity contribution in [1.29, 1.82) is 0 Å². The number of halogens is 1. The lowest BCUT2D eigenvalue weighted by Gasteiger charge is -2.31. The van der Waals surface area contributed by atoms with Crippen LogP contribution in [0.5, 0.6) is 0 Å². The van der Waals surface area contributed by atoms with E-state index >= 15 is 0 Å². The minimum Gasteiger partial charge on any atom is -0.338 e. The fourth-order valence-electron chi connectivity index (χ4n) is 2.57. The maximum atomic E-state index is 5.37. The van der Waals surface area contributed by atoms with Gasteiger partial charge in [0.15, 0.2) is 5.82 Å². The molecule has 0 saturated carbocycles. The van der Waals surface area contributed by atoms with Crippen LogP contribution in [-0.4, -0.2) is 41.7 Å². The van der Waals surface area contributed by atoms with Gasteiger partial charge >= 0.3 is 0 Å². The van der Waals surface area contributed by atoms with Crippen molar-refractivity contribution in [2.75, 3.05) is 26.7 Å². The zero-order valence-corrected chi connectivity index (χ0v) is 13.8. The summed E-state index contributed by atoms with van der Waals surface area (Å²) in [6.07, 6.45) is 2.57. The summed E-state index contributed by atoms with van der Waals surface area (Å²) < 4.78 is 5.37. The van der Waals surface area contributed by atoms with E-state index in [0.29, 0.717) is 0 Å². The van der Waals surface area contributed by atoms with Crippen molar-refractivity contribution in [3.8, 4) is 0 Å². The number of likely N-dealkylation sites (tertiary alicyclic amines) is 1. The quantitative estimate of drug-likeness (QED) is 0.924. The SMILES string of the molecule is CNCC1CCCN(Cc2nc(C(C)(C)C)no2)C1.Cl. The zero-order valence-electron chi connectivity index (χ0n) is 13.0. The first-order valence-corrected chi connectivity index (χ1v) is 7.19. The Bertz CT molecular complexity index is 400. The van der Waals surface area contributed by atoms with Crippen LogP contribution in [-0.2, 0) is 12.0 Å². The molecule has 1 aliphatic heterocycles. The lowest BCUT2D eigenvalue weighted by molar-refractivity contribution is 0.149. The summed E-state index contributed by atoms with van der Waals surface area (Å²) in [4.78, 5) is 6.93. The van der Waals surface area contributed by atoms with Crippen LogP contribution in [0, 0.1) is 5.92 Å². The van der Waals surface area contributed by atoms with Gasteiger partial charge in [-0.05, 0) is 38.9 Å². The molecule has 2 rings (SSSR count). The average molecular weight is 303 g/mol. The third-order valence-corrected chi connectivity index (χ3v) is 3.59. The monoisotopic (exact) mass is 302 g/mol. The molecule has 1 aromatic rings. The Morgan fingerprint density at radius 2 is 2.15 bits per heavy atom. The van der Waals surface area contributed by atoms with Crippen molar-refractivity contribution in [3.63, 3.8) is 0 Å². The van der Waals surface area contributed by atoms with Gasteiger partial charge in [0, 0.05) is 12.0 Å². The first-order chi connectivity index (χ1) is 8.99. The minimum absolute atomic E-state index is 0. The lowest BCUT2D eigenvalue weighted by Crippen LogP contribution is -2.38. The van der Waals surface area contributed by atoms with Crippen LogP contribution in [0.1, 0.15) is 45.3 Å². The fourth-order valence-corrected chi connectivity index (χ4v) is 2.57. The molecule has 0 amide bonds. The molecular formula is C14H27ClN4O. The maximum absolute atomic E-state index is 5.37. The summed E-state index contributed by atoms with van der Waals surface area (Å²) >= 11 is 0. The van der Waals surface area contributed by atoms with Gasteiger partial charge in [-0.15, -0.1) is 12.4 Å². The summed E-state index contributed by atoms with van der Waals surface area (Å²) in [6, 6.07) is 0. The van der Waals surface area contributed by atoms with Crippen molar-refractivity contribution in [2.24, 2.45) is 5.92 Å². The highest BCUT2D eigenvalue weighted by Gasteiger charge is 2.24. The largest absolute Gasteiger partial charge is 0.338 e. The molecule has 1 N–H and O–H groups in total. The first kappa shape index (κ1) is 17.4. The summed E-state index contributed by atoms with van der Waals surface area (Å²) in [6.45, 7) is 10.4. The van der Waals surface area contributed by atoms with Gasteiger partial charge in [0.05, 0.1) is 6.54 Å². The van der Waals surface area contributed by atoms with Gasteiger partial charge in [-0.2, -0.15) is 4.98 Å². The molecule has 6 heteroatoms. The van der Waals surface area contributed by atoms with Crippen LogP contribution in [0.4, 0.5) is 0 Å². The summed E-state index contributed by atoms with van der Waals surface area (Å²) in [5, 5.41) is 7.35. The van der Waals surface area contributed by atoms with Crippen LogP contribution < -0.4 is 5.32 Å². The number of nitrogens with one attached hydrogen (secondary N) is 1. The number of rotatable bonds is 4. The molecule has 1 unspecified atom stereocenters. The predicted molar refractivity (Wildman–Crippen MR) is 82.2 cm³/mol. The smallest absolute Gasteiger partial charge is 0.240 e. The number of hydrogen-bond acceptors (Lipinski definition) is 5. The molecule has 1 aromatic heterocycles. The molecule has 0 spiro atoms. The van der Waals surface area contributed by atoms with Crippen molar-refractivity contribution >= 4 is 12.4 Å². The Labute approximate surface area is 127 Å². The lowest BCUT2D eigenvalue weighted by atomic mass is 9.96. The van der Waals surface area contributed by atoms with E-state index in [2.05, 4.69) is 41.1 Å². The first-order valence-electron chi connectivity index (χ1n) is 7.19. The predicted octanol–water partition coefficient (Wildman–Crippen LogP) is 2.22. The number of aromatic nitrogens is 2. The van der Waals surface area contributed by atoms with Crippen molar-refractivity contribution in [3.05, 3.63) is 11.7 Å². The van der Waals surface area contributed by atoms with Crippen molar-refractivity contribution in [1.82, 2.24) is 20.4 Å². The van der Waals surface area contributed by atoms with E-state index in [1.54, 1.807) is 0 Å². The molecule has 2 heterocycles. The Kier molecular flexibility index (Phi) is 6.43. The van der Waals surface area contributed by atoms with E-state index < -0.39 is 0 Å². The molecular weight excluding hydrogens is 276 g/mol. The Morgan fingerprint density at radius 3 is 2.75 bits per heavy atom. The van der Waals surface area contributed by atoms with Gasteiger partial charge < -0.3 is 9.84 Å². The zero-order chi connectivity index (χ0) is 13.9. The molecule has 1 atom stereocenters. The van der Waals surface area contributed by atoms with Gasteiger partial charge in [0.2, 0.25) is 5.89 Å². The van der Waals surface area contributed by atoms with Crippen LogP contribution in [0.3, 0.4) is 0 Å². The Hall–Kier alpha value is -0.650. The molecule has 1 aliphatic rings. The summed E-state index contributed by atoms with van der Waals surface area (Å²) in [5.41, 5.74) is -0.0433. The normalized spacial score (nSPS) is 20.7. The highest BCUT2D eigenvalue weighted by Crippen LogP contribution is 2.21. The molecule has 0 bridgehead atoms. The van der Waals surface area contributed by atoms with Crippen LogP contribution >= 0.6 is 12.4 Å². The molecule has 0 radical (unpaired) electrons. The van der Waals surface area contributed by atoms with Gasteiger partial charge in [-0.1, -0.05) is 25.9 Å².